The summed E-state index contributed by atoms with van der Waals surface area (Å²) >= 11 is 1.49. The maximum absolute atomic E-state index is 12.5. The number of nitro groups is 1. The van der Waals surface area contributed by atoms with Gasteiger partial charge < -0.3 is 0 Å². The summed E-state index contributed by atoms with van der Waals surface area (Å²) < 4.78 is 27.3. The summed E-state index contributed by atoms with van der Waals surface area (Å²) in [5, 5.41) is 11.0. The Bertz CT molecular complexity index is 791. The fraction of sp³-hybridized carbons (Fsp3) is 0.143. The molecule has 0 aliphatic carbocycles. The van der Waals surface area contributed by atoms with Crippen LogP contribution in [0, 0.1) is 10.1 Å². The Labute approximate surface area is 132 Å². The molecule has 1 N–H and O–H groups in total. The number of nitrogens with one attached hydrogen (secondary N) is 1. The number of hydrogen-bond acceptors (Lipinski definition) is 5. The number of thioether (sulfide) groups is 1. The van der Waals surface area contributed by atoms with Crippen molar-refractivity contribution in [3.8, 4) is 0 Å². The van der Waals surface area contributed by atoms with E-state index in [-0.39, 0.29) is 4.90 Å². The van der Waals surface area contributed by atoms with Crippen molar-refractivity contribution < 1.29 is 13.3 Å². The third-order valence-electron chi connectivity index (χ3n) is 2.78. The lowest BCUT2D eigenvalue weighted by atomic mass is 10.3. The summed E-state index contributed by atoms with van der Waals surface area (Å²) in [5.41, 5.74) is -0.0388. The predicted octanol–water partition coefficient (Wildman–Crippen LogP) is 3.51. The third kappa shape index (κ3) is 3.58. The van der Waals surface area contributed by atoms with E-state index < -0.39 is 20.6 Å². The molecule has 8 heteroatoms. The van der Waals surface area contributed by atoms with Crippen molar-refractivity contribution in [2.24, 2.45) is 0 Å². The van der Waals surface area contributed by atoms with Crippen LogP contribution in [0.25, 0.3) is 0 Å². The topological polar surface area (TPSA) is 89.3 Å². The van der Waals surface area contributed by atoms with Crippen molar-refractivity contribution in [3.05, 3.63) is 58.6 Å². The van der Waals surface area contributed by atoms with Crippen LogP contribution >= 0.6 is 11.8 Å². The van der Waals surface area contributed by atoms with Gasteiger partial charge in [0.15, 0.2) is 4.90 Å². The van der Waals surface area contributed by atoms with Gasteiger partial charge in [-0.2, -0.15) is 0 Å². The quantitative estimate of drug-likeness (QED) is 0.494. The molecule has 2 aromatic rings. The highest BCUT2D eigenvalue weighted by Crippen LogP contribution is 2.30. The zero-order valence-electron chi connectivity index (χ0n) is 11.7. The largest absolute Gasteiger partial charge is 0.289 e. The standard InChI is InChI=1S/C14H14N2O4S2/c1-2-21-13-9-5-3-7-11(13)15-22(19,20)14-10-6-4-8-12(14)16(17)18/h3-10,15H,2H2,1H3. The average Bonchev–Trinajstić information content (AvgIpc) is 2.49. The Balaban J connectivity index is 2.43. The summed E-state index contributed by atoms with van der Waals surface area (Å²) in [6.07, 6.45) is 0. The number of rotatable bonds is 6. The molecule has 0 saturated carbocycles. The fourth-order valence-electron chi connectivity index (χ4n) is 1.87. The number of hydrogen-bond donors (Lipinski definition) is 1. The molecule has 0 atom stereocenters. The molecule has 0 unspecified atom stereocenters. The van der Waals surface area contributed by atoms with Crippen LogP contribution in [-0.4, -0.2) is 19.1 Å². The number of para-hydroxylation sites is 2. The first-order valence-electron chi connectivity index (χ1n) is 6.43. The minimum Gasteiger partial charge on any atom is -0.278 e. The zero-order valence-corrected chi connectivity index (χ0v) is 13.4. The smallest absolute Gasteiger partial charge is 0.278 e. The average molecular weight is 338 g/mol. The van der Waals surface area contributed by atoms with Gasteiger partial charge in [-0.25, -0.2) is 8.42 Å². The van der Waals surface area contributed by atoms with Gasteiger partial charge in [-0.15, -0.1) is 11.8 Å². The van der Waals surface area contributed by atoms with Crippen molar-refractivity contribution in [2.75, 3.05) is 10.5 Å². The van der Waals surface area contributed by atoms with Gasteiger partial charge in [0.25, 0.3) is 15.7 Å². The number of anilines is 1. The van der Waals surface area contributed by atoms with Gasteiger partial charge in [0, 0.05) is 11.0 Å². The maximum atomic E-state index is 12.5. The second-order valence-corrected chi connectivity index (χ2v) is 7.22. The highest BCUT2D eigenvalue weighted by Gasteiger charge is 2.25. The molecule has 22 heavy (non-hydrogen) atoms. The van der Waals surface area contributed by atoms with Crippen LogP contribution in [0.5, 0.6) is 0 Å². The summed E-state index contributed by atoms with van der Waals surface area (Å²) in [6.45, 7) is 1.96. The molecule has 2 aromatic carbocycles. The van der Waals surface area contributed by atoms with Gasteiger partial charge in [-0.05, 0) is 24.0 Å². The SMILES string of the molecule is CCSc1ccccc1NS(=O)(=O)c1ccccc1[N+](=O)[O-]. The summed E-state index contributed by atoms with van der Waals surface area (Å²) in [5.74, 6) is 0.782. The lowest BCUT2D eigenvalue weighted by Crippen LogP contribution is -2.15. The fourth-order valence-corrected chi connectivity index (χ4v) is 3.95. The molecule has 0 aliphatic rings. The van der Waals surface area contributed by atoms with Gasteiger partial charge in [-0.3, -0.25) is 14.8 Å². The molecule has 0 heterocycles. The van der Waals surface area contributed by atoms with E-state index in [0.717, 1.165) is 10.6 Å². The number of sulfonamides is 1. The van der Waals surface area contributed by atoms with E-state index in [0.29, 0.717) is 5.69 Å². The Morgan fingerprint density at radius 3 is 2.45 bits per heavy atom. The van der Waals surface area contributed by atoms with E-state index in [9.17, 15) is 18.5 Å². The molecular weight excluding hydrogens is 324 g/mol. The van der Waals surface area contributed by atoms with Gasteiger partial charge in [0.2, 0.25) is 0 Å². The molecule has 6 nitrogen and oxygen atoms in total. The Hall–Kier alpha value is -2.06. The highest BCUT2D eigenvalue weighted by atomic mass is 32.2. The van der Waals surface area contributed by atoms with Crippen LogP contribution < -0.4 is 4.72 Å². The monoisotopic (exact) mass is 338 g/mol. The van der Waals surface area contributed by atoms with Crippen LogP contribution in [0.4, 0.5) is 11.4 Å². The van der Waals surface area contributed by atoms with Crippen molar-refractivity contribution in [1.82, 2.24) is 0 Å². The highest BCUT2D eigenvalue weighted by molar-refractivity contribution is 7.99. The Morgan fingerprint density at radius 2 is 1.77 bits per heavy atom. The lowest BCUT2D eigenvalue weighted by molar-refractivity contribution is -0.387. The second-order valence-electron chi connectivity index (χ2n) is 4.26. The number of nitro benzene ring substituents is 1. The molecule has 0 saturated heterocycles. The van der Waals surface area contributed by atoms with Crippen LogP contribution in [-0.2, 0) is 10.0 Å². The third-order valence-corrected chi connectivity index (χ3v) is 5.15. The van der Waals surface area contributed by atoms with Crippen molar-refractivity contribution in [1.29, 1.82) is 0 Å². The maximum Gasteiger partial charge on any atom is 0.289 e. The molecule has 0 amide bonds. The van der Waals surface area contributed by atoms with Gasteiger partial charge in [0.1, 0.15) is 0 Å². The van der Waals surface area contributed by atoms with E-state index in [1.807, 2.05) is 6.92 Å². The van der Waals surface area contributed by atoms with Crippen LogP contribution in [0.15, 0.2) is 58.3 Å². The molecule has 0 aromatic heterocycles. The number of nitrogens with zero attached hydrogens (tertiary/aromatic N) is 1. The first-order valence-corrected chi connectivity index (χ1v) is 8.90. The molecule has 0 bridgehead atoms. The van der Waals surface area contributed by atoms with E-state index in [4.69, 9.17) is 0 Å². The van der Waals surface area contributed by atoms with E-state index in [1.165, 1.54) is 36.0 Å². The Morgan fingerprint density at radius 1 is 1.14 bits per heavy atom. The van der Waals surface area contributed by atoms with Gasteiger partial charge in [-0.1, -0.05) is 31.2 Å². The normalized spacial score (nSPS) is 11.1. The first-order chi connectivity index (χ1) is 10.5. The van der Waals surface area contributed by atoms with E-state index in [2.05, 4.69) is 4.72 Å². The molecule has 0 aliphatic heterocycles. The van der Waals surface area contributed by atoms with E-state index in [1.54, 1.807) is 24.3 Å². The van der Waals surface area contributed by atoms with Crippen LogP contribution in [0.2, 0.25) is 0 Å². The zero-order chi connectivity index (χ0) is 16.2. The molecule has 2 rings (SSSR count). The second kappa shape index (κ2) is 6.80. The minimum absolute atomic E-state index is 0.351. The van der Waals surface area contributed by atoms with Gasteiger partial charge in [0.05, 0.1) is 10.6 Å². The molecule has 0 spiro atoms. The first kappa shape index (κ1) is 16.3. The number of benzene rings is 2. The predicted molar refractivity (Wildman–Crippen MR) is 86.7 cm³/mol. The Kier molecular flexibility index (Phi) is 5.04. The van der Waals surface area contributed by atoms with Gasteiger partial charge >= 0.3 is 0 Å². The minimum atomic E-state index is -4.03. The van der Waals surface area contributed by atoms with E-state index >= 15 is 0 Å². The lowest BCUT2D eigenvalue weighted by Gasteiger charge is -2.11. The molecule has 0 radical (unpaired) electrons. The summed E-state index contributed by atoms with van der Waals surface area (Å²) in [6, 6.07) is 12.2. The summed E-state index contributed by atoms with van der Waals surface area (Å²) in [4.78, 5) is 10.7. The van der Waals surface area contributed by atoms with Crippen molar-refractivity contribution >= 4 is 33.2 Å². The van der Waals surface area contributed by atoms with Crippen LogP contribution in [0.3, 0.4) is 0 Å². The van der Waals surface area contributed by atoms with Crippen LogP contribution in [0.1, 0.15) is 6.92 Å². The molecular formula is C14H14N2O4S2. The molecule has 116 valence electrons. The summed E-state index contributed by atoms with van der Waals surface area (Å²) in [7, 11) is -4.03. The van der Waals surface area contributed by atoms with Crippen molar-refractivity contribution in [2.45, 2.75) is 16.7 Å². The molecule has 0 fully saturated rings. The van der Waals surface area contributed by atoms with Crippen molar-refractivity contribution in [3.63, 3.8) is 0 Å².